The molecule has 0 aliphatic heterocycles. The fraction of sp³-hybridized carbons (Fsp3) is 0.562. The Morgan fingerprint density at radius 1 is 1.35 bits per heavy atom. The molecule has 0 aromatic heterocycles. The number of hydrogen-bond donors (Lipinski definition) is 2. The van der Waals surface area contributed by atoms with Gasteiger partial charge in [-0.1, -0.05) is 25.1 Å². The van der Waals surface area contributed by atoms with Gasteiger partial charge in [-0.3, -0.25) is 4.99 Å². The number of benzene rings is 1. The van der Waals surface area contributed by atoms with Crippen LogP contribution in [0.1, 0.15) is 32.3 Å². The van der Waals surface area contributed by atoms with E-state index >= 15 is 0 Å². The molecule has 0 amide bonds. The summed E-state index contributed by atoms with van der Waals surface area (Å²) < 4.78 is 5.75. The van der Waals surface area contributed by atoms with Crippen LogP contribution in [0.3, 0.4) is 0 Å². The zero-order valence-electron chi connectivity index (χ0n) is 13.1. The first kappa shape index (κ1) is 16.3. The third-order valence-corrected chi connectivity index (χ3v) is 3.18. The number of guanidine groups is 1. The lowest BCUT2D eigenvalue weighted by atomic mass is 10.2. The van der Waals surface area contributed by atoms with Crippen molar-refractivity contribution in [3.8, 4) is 5.75 Å². The largest absolute Gasteiger partial charge is 0.493 e. The molecule has 1 rings (SSSR count). The number of aryl methyl sites for hydroxylation is 1. The highest BCUT2D eigenvalue weighted by Crippen LogP contribution is 2.15. The Balaban J connectivity index is 2.20. The molecule has 112 valence electrons. The number of rotatable bonds is 7. The van der Waals surface area contributed by atoms with E-state index in [1.54, 1.807) is 7.05 Å². The van der Waals surface area contributed by atoms with Gasteiger partial charge in [0.15, 0.2) is 5.96 Å². The normalized spacial score (nSPS) is 12.9. The van der Waals surface area contributed by atoms with E-state index in [0.717, 1.165) is 31.1 Å². The molecule has 0 aliphatic rings. The van der Waals surface area contributed by atoms with Crippen LogP contribution in [-0.2, 0) is 0 Å². The molecular formula is C16H27N3O. The van der Waals surface area contributed by atoms with Gasteiger partial charge in [-0.25, -0.2) is 0 Å². The highest BCUT2D eigenvalue weighted by atomic mass is 16.5. The van der Waals surface area contributed by atoms with Crippen molar-refractivity contribution >= 4 is 5.96 Å². The lowest BCUT2D eigenvalue weighted by molar-refractivity contribution is 0.309. The van der Waals surface area contributed by atoms with E-state index in [-0.39, 0.29) is 0 Å². The van der Waals surface area contributed by atoms with Crippen LogP contribution in [0.2, 0.25) is 0 Å². The first-order chi connectivity index (χ1) is 9.67. The molecule has 0 heterocycles. The van der Waals surface area contributed by atoms with Crippen LogP contribution in [-0.4, -0.2) is 32.2 Å². The van der Waals surface area contributed by atoms with E-state index < -0.39 is 0 Å². The summed E-state index contributed by atoms with van der Waals surface area (Å²) in [6.45, 7) is 7.92. The van der Waals surface area contributed by atoms with Crippen molar-refractivity contribution in [2.24, 2.45) is 4.99 Å². The zero-order valence-corrected chi connectivity index (χ0v) is 13.1. The van der Waals surface area contributed by atoms with Crippen molar-refractivity contribution in [3.63, 3.8) is 0 Å². The number of hydrogen-bond acceptors (Lipinski definition) is 2. The first-order valence-corrected chi connectivity index (χ1v) is 7.33. The molecule has 0 radical (unpaired) electrons. The Labute approximate surface area is 122 Å². The van der Waals surface area contributed by atoms with Gasteiger partial charge in [-0.15, -0.1) is 0 Å². The fourth-order valence-electron chi connectivity index (χ4n) is 1.71. The van der Waals surface area contributed by atoms with Gasteiger partial charge in [-0.2, -0.15) is 0 Å². The summed E-state index contributed by atoms with van der Waals surface area (Å²) in [5, 5.41) is 6.63. The van der Waals surface area contributed by atoms with E-state index in [2.05, 4.69) is 42.5 Å². The van der Waals surface area contributed by atoms with Crippen LogP contribution in [0, 0.1) is 6.92 Å². The quantitative estimate of drug-likeness (QED) is 0.457. The summed E-state index contributed by atoms with van der Waals surface area (Å²) in [7, 11) is 1.79. The average molecular weight is 277 g/mol. The molecule has 4 nitrogen and oxygen atoms in total. The molecule has 0 aliphatic carbocycles. The SMILES string of the molecule is CCC(C)NC(=NC)NCCCOc1ccccc1C. The number of ether oxygens (including phenoxy) is 1. The van der Waals surface area contributed by atoms with Crippen LogP contribution in [0.25, 0.3) is 0 Å². The van der Waals surface area contributed by atoms with Gasteiger partial charge in [0.2, 0.25) is 0 Å². The number of para-hydroxylation sites is 1. The zero-order chi connectivity index (χ0) is 14.8. The van der Waals surface area contributed by atoms with Crippen LogP contribution in [0.4, 0.5) is 0 Å². The molecular weight excluding hydrogens is 250 g/mol. The monoisotopic (exact) mass is 277 g/mol. The maximum absolute atomic E-state index is 5.75. The summed E-state index contributed by atoms with van der Waals surface area (Å²) in [4.78, 5) is 4.20. The van der Waals surface area contributed by atoms with Crippen molar-refractivity contribution in [2.75, 3.05) is 20.2 Å². The molecule has 0 saturated heterocycles. The van der Waals surface area contributed by atoms with Crippen molar-refractivity contribution in [3.05, 3.63) is 29.8 Å². The lowest BCUT2D eigenvalue weighted by Gasteiger charge is -2.16. The summed E-state index contributed by atoms with van der Waals surface area (Å²) >= 11 is 0. The number of aliphatic imine (C=N–C) groups is 1. The summed E-state index contributed by atoms with van der Waals surface area (Å²) in [5.74, 6) is 1.82. The molecule has 4 heteroatoms. The molecule has 1 aromatic carbocycles. The van der Waals surface area contributed by atoms with Crippen LogP contribution >= 0.6 is 0 Å². The van der Waals surface area contributed by atoms with Crippen molar-refractivity contribution in [2.45, 2.75) is 39.7 Å². The van der Waals surface area contributed by atoms with E-state index in [9.17, 15) is 0 Å². The Morgan fingerprint density at radius 3 is 2.75 bits per heavy atom. The topological polar surface area (TPSA) is 45.7 Å². The van der Waals surface area contributed by atoms with Crippen molar-refractivity contribution in [1.29, 1.82) is 0 Å². The Hall–Kier alpha value is -1.71. The van der Waals surface area contributed by atoms with Gasteiger partial charge >= 0.3 is 0 Å². The molecule has 20 heavy (non-hydrogen) atoms. The maximum Gasteiger partial charge on any atom is 0.191 e. The van der Waals surface area contributed by atoms with Gasteiger partial charge in [0.05, 0.1) is 6.61 Å². The van der Waals surface area contributed by atoms with E-state index in [1.165, 1.54) is 5.56 Å². The van der Waals surface area contributed by atoms with Gasteiger partial charge in [0.1, 0.15) is 5.75 Å². The first-order valence-electron chi connectivity index (χ1n) is 7.33. The van der Waals surface area contributed by atoms with Gasteiger partial charge in [-0.05, 0) is 38.3 Å². The van der Waals surface area contributed by atoms with Crippen LogP contribution in [0.5, 0.6) is 5.75 Å². The summed E-state index contributed by atoms with van der Waals surface area (Å²) in [6, 6.07) is 8.52. The minimum atomic E-state index is 0.435. The average Bonchev–Trinajstić information content (AvgIpc) is 2.47. The number of nitrogens with zero attached hydrogens (tertiary/aromatic N) is 1. The van der Waals surface area contributed by atoms with Crippen molar-refractivity contribution < 1.29 is 4.74 Å². The lowest BCUT2D eigenvalue weighted by Crippen LogP contribution is -2.42. The molecule has 1 aromatic rings. The van der Waals surface area contributed by atoms with Crippen LogP contribution < -0.4 is 15.4 Å². The van der Waals surface area contributed by atoms with Gasteiger partial charge < -0.3 is 15.4 Å². The minimum absolute atomic E-state index is 0.435. The van der Waals surface area contributed by atoms with Crippen LogP contribution in [0.15, 0.2) is 29.3 Å². The number of nitrogens with one attached hydrogen (secondary N) is 2. The molecule has 1 atom stereocenters. The molecule has 2 N–H and O–H groups in total. The second-order valence-electron chi connectivity index (χ2n) is 4.92. The standard InChI is InChI=1S/C16H27N3O/c1-5-14(3)19-16(17-4)18-11-8-12-20-15-10-7-6-9-13(15)2/h6-7,9-10,14H,5,8,11-12H2,1-4H3,(H2,17,18,19). The second-order valence-corrected chi connectivity index (χ2v) is 4.92. The van der Waals surface area contributed by atoms with Gasteiger partial charge in [0, 0.05) is 19.6 Å². The van der Waals surface area contributed by atoms with Crippen molar-refractivity contribution in [1.82, 2.24) is 10.6 Å². The highest BCUT2D eigenvalue weighted by Gasteiger charge is 2.02. The summed E-state index contributed by atoms with van der Waals surface area (Å²) in [6.07, 6.45) is 2.02. The molecule has 0 bridgehead atoms. The Morgan fingerprint density at radius 2 is 2.10 bits per heavy atom. The van der Waals surface area contributed by atoms with E-state index in [1.807, 2.05) is 18.2 Å². The summed E-state index contributed by atoms with van der Waals surface area (Å²) in [5.41, 5.74) is 1.18. The molecule has 1 unspecified atom stereocenters. The molecule has 0 spiro atoms. The van der Waals surface area contributed by atoms with E-state index in [0.29, 0.717) is 12.6 Å². The molecule has 0 fully saturated rings. The third kappa shape index (κ3) is 5.95. The maximum atomic E-state index is 5.75. The smallest absolute Gasteiger partial charge is 0.191 e. The Kier molecular flexibility index (Phi) is 7.55. The highest BCUT2D eigenvalue weighted by molar-refractivity contribution is 5.79. The predicted molar refractivity (Wildman–Crippen MR) is 85.5 cm³/mol. The predicted octanol–water partition coefficient (Wildman–Crippen LogP) is 2.73. The fourth-order valence-corrected chi connectivity index (χ4v) is 1.71. The molecule has 0 saturated carbocycles. The minimum Gasteiger partial charge on any atom is -0.493 e. The van der Waals surface area contributed by atoms with Gasteiger partial charge in [0.25, 0.3) is 0 Å². The van der Waals surface area contributed by atoms with E-state index in [4.69, 9.17) is 4.74 Å². The third-order valence-electron chi connectivity index (χ3n) is 3.18. The Bertz CT molecular complexity index is 418. The second kappa shape index (κ2) is 9.23.